The molecule has 0 radical (unpaired) electrons. The van der Waals surface area contributed by atoms with Gasteiger partial charge in [0.15, 0.2) is 0 Å². The molecule has 1 aliphatic heterocycles. The summed E-state index contributed by atoms with van der Waals surface area (Å²) in [4.78, 5) is 27.8. The number of likely N-dealkylation sites (N-methyl/N-ethyl adjacent to an activating group) is 1. The molecule has 1 saturated heterocycles. The van der Waals surface area contributed by atoms with Crippen LogP contribution < -0.4 is 4.90 Å². The summed E-state index contributed by atoms with van der Waals surface area (Å²) in [6.07, 6.45) is 2.00. The summed E-state index contributed by atoms with van der Waals surface area (Å²) in [5, 5.41) is 0. The van der Waals surface area contributed by atoms with Crippen molar-refractivity contribution in [3.8, 4) is 0 Å². The lowest BCUT2D eigenvalue weighted by atomic mass is 10.1. The SMILES string of the molecule is CCN(CC(C)C)C(=O)Cc1ccc(N2CCCC2=O)cc1. The molecule has 1 aliphatic rings. The van der Waals surface area contributed by atoms with Gasteiger partial charge in [0.05, 0.1) is 6.42 Å². The van der Waals surface area contributed by atoms with Gasteiger partial charge in [0, 0.05) is 31.7 Å². The first-order valence-electron chi connectivity index (χ1n) is 8.18. The highest BCUT2D eigenvalue weighted by Crippen LogP contribution is 2.21. The fourth-order valence-electron chi connectivity index (χ4n) is 2.85. The summed E-state index contributed by atoms with van der Waals surface area (Å²) >= 11 is 0. The standard InChI is InChI=1S/C18H26N2O2/c1-4-19(13-14(2)3)18(22)12-15-7-9-16(10-8-15)20-11-5-6-17(20)21/h7-10,14H,4-6,11-13H2,1-3H3. The summed E-state index contributed by atoms with van der Waals surface area (Å²) in [5.74, 6) is 0.839. The van der Waals surface area contributed by atoms with Crippen molar-refractivity contribution in [2.45, 2.75) is 40.0 Å². The number of carbonyl (C=O) groups is 2. The monoisotopic (exact) mass is 302 g/mol. The molecule has 1 aromatic rings. The predicted octanol–water partition coefficient (Wildman–Crippen LogP) is 2.86. The number of amides is 2. The van der Waals surface area contributed by atoms with Crippen molar-refractivity contribution in [3.63, 3.8) is 0 Å². The average molecular weight is 302 g/mol. The second kappa shape index (κ2) is 7.43. The number of hydrogen-bond acceptors (Lipinski definition) is 2. The smallest absolute Gasteiger partial charge is 0.227 e. The minimum absolute atomic E-state index is 0.168. The highest BCUT2D eigenvalue weighted by molar-refractivity contribution is 5.95. The van der Waals surface area contributed by atoms with E-state index in [1.54, 1.807) is 0 Å². The molecule has 0 atom stereocenters. The van der Waals surface area contributed by atoms with Crippen LogP contribution in [0.5, 0.6) is 0 Å². The van der Waals surface area contributed by atoms with Crippen LogP contribution in [0, 0.1) is 5.92 Å². The van der Waals surface area contributed by atoms with E-state index in [1.165, 1.54) is 0 Å². The van der Waals surface area contributed by atoms with Crippen LogP contribution in [0.4, 0.5) is 5.69 Å². The van der Waals surface area contributed by atoms with E-state index >= 15 is 0 Å². The highest BCUT2D eigenvalue weighted by atomic mass is 16.2. The maximum Gasteiger partial charge on any atom is 0.227 e. The number of benzene rings is 1. The molecule has 2 rings (SSSR count). The van der Waals surface area contributed by atoms with Gasteiger partial charge in [-0.05, 0) is 37.0 Å². The predicted molar refractivity (Wildman–Crippen MR) is 88.8 cm³/mol. The lowest BCUT2D eigenvalue weighted by Crippen LogP contribution is -2.35. The molecule has 1 aromatic carbocycles. The minimum atomic E-state index is 0.168. The van der Waals surface area contributed by atoms with Gasteiger partial charge in [-0.2, -0.15) is 0 Å². The van der Waals surface area contributed by atoms with E-state index in [0.29, 0.717) is 18.8 Å². The van der Waals surface area contributed by atoms with Crippen molar-refractivity contribution in [2.75, 3.05) is 24.5 Å². The van der Waals surface area contributed by atoms with Crippen molar-refractivity contribution >= 4 is 17.5 Å². The Kier molecular flexibility index (Phi) is 5.58. The quantitative estimate of drug-likeness (QED) is 0.810. The summed E-state index contributed by atoms with van der Waals surface area (Å²) < 4.78 is 0. The Morgan fingerprint density at radius 2 is 1.95 bits per heavy atom. The topological polar surface area (TPSA) is 40.6 Å². The highest BCUT2D eigenvalue weighted by Gasteiger charge is 2.21. The zero-order chi connectivity index (χ0) is 16.1. The first-order chi connectivity index (χ1) is 10.5. The van der Waals surface area contributed by atoms with Gasteiger partial charge >= 0.3 is 0 Å². The number of anilines is 1. The van der Waals surface area contributed by atoms with Gasteiger partial charge in [-0.3, -0.25) is 9.59 Å². The van der Waals surface area contributed by atoms with Crippen molar-refractivity contribution in [3.05, 3.63) is 29.8 Å². The van der Waals surface area contributed by atoms with Gasteiger partial charge in [0.25, 0.3) is 0 Å². The van der Waals surface area contributed by atoms with Crippen LogP contribution in [0.2, 0.25) is 0 Å². The Morgan fingerprint density at radius 1 is 1.27 bits per heavy atom. The number of hydrogen-bond donors (Lipinski definition) is 0. The average Bonchev–Trinajstić information content (AvgIpc) is 2.91. The largest absolute Gasteiger partial charge is 0.342 e. The van der Waals surface area contributed by atoms with Crippen LogP contribution in [-0.2, 0) is 16.0 Å². The Balaban J connectivity index is 1.98. The lowest BCUT2D eigenvalue weighted by Gasteiger charge is -2.23. The zero-order valence-electron chi connectivity index (χ0n) is 13.8. The van der Waals surface area contributed by atoms with E-state index in [0.717, 1.165) is 37.3 Å². The van der Waals surface area contributed by atoms with Gasteiger partial charge in [-0.1, -0.05) is 26.0 Å². The Labute approximate surface area is 133 Å². The van der Waals surface area contributed by atoms with Crippen LogP contribution in [-0.4, -0.2) is 36.3 Å². The Bertz CT molecular complexity index is 522. The fraction of sp³-hybridized carbons (Fsp3) is 0.556. The van der Waals surface area contributed by atoms with Crippen LogP contribution in [0.3, 0.4) is 0 Å². The number of rotatable bonds is 6. The molecule has 120 valence electrons. The molecule has 1 fully saturated rings. The summed E-state index contributed by atoms with van der Waals surface area (Å²) in [6, 6.07) is 7.82. The van der Waals surface area contributed by atoms with E-state index in [2.05, 4.69) is 13.8 Å². The van der Waals surface area contributed by atoms with E-state index < -0.39 is 0 Å². The first kappa shape index (κ1) is 16.5. The third-order valence-electron chi connectivity index (χ3n) is 4.00. The van der Waals surface area contributed by atoms with Crippen molar-refractivity contribution in [1.29, 1.82) is 0 Å². The maximum atomic E-state index is 12.3. The lowest BCUT2D eigenvalue weighted by molar-refractivity contribution is -0.130. The normalized spacial score (nSPS) is 14.7. The molecule has 22 heavy (non-hydrogen) atoms. The van der Waals surface area contributed by atoms with Gasteiger partial charge in [0.2, 0.25) is 11.8 Å². The van der Waals surface area contributed by atoms with Crippen molar-refractivity contribution in [2.24, 2.45) is 5.92 Å². The third kappa shape index (κ3) is 4.09. The number of nitrogens with zero attached hydrogens (tertiary/aromatic N) is 2. The molecule has 2 amide bonds. The molecule has 0 saturated carbocycles. The van der Waals surface area contributed by atoms with Crippen molar-refractivity contribution < 1.29 is 9.59 Å². The molecule has 0 bridgehead atoms. The fourth-order valence-corrected chi connectivity index (χ4v) is 2.85. The number of carbonyl (C=O) groups excluding carboxylic acids is 2. The second-order valence-electron chi connectivity index (χ2n) is 6.32. The van der Waals surface area contributed by atoms with Gasteiger partial charge in [-0.15, -0.1) is 0 Å². The Hall–Kier alpha value is -1.84. The summed E-state index contributed by atoms with van der Waals surface area (Å²) in [5.41, 5.74) is 1.94. The molecule has 0 aromatic heterocycles. The van der Waals surface area contributed by atoms with E-state index in [-0.39, 0.29) is 11.8 Å². The van der Waals surface area contributed by atoms with E-state index in [1.807, 2.05) is 41.0 Å². The zero-order valence-corrected chi connectivity index (χ0v) is 13.8. The molecule has 0 N–H and O–H groups in total. The third-order valence-corrected chi connectivity index (χ3v) is 4.00. The summed E-state index contributed by atoms with van der Waals surface area (Å²) in [7, 11) is 0. The molecule has 4 heteroatoms. The molecule has 0 aliphatic carbocycles. The molecular formula is C18H26N2O2. The minimum Gasteiger partial charge on any atom is -0.342 e. The molecule has 0 spiro atoms. The van der Waals surface area contributed by atoms with Gasteiger partial charge in [-0.25, -0.2) is 0 Å². The van der Waals surface area contributed by atoms with E-state index in [9.17, 15) is 9.59 Å². The first-order valence-corrected chi connectivity index (χ1v) is 8.18. The molecule has 0 unspecified atom stereocenters. The van der Waals surface area contributed by atoms with Gasteiger partial charge < -0.3 is 9.80 Å². The molecule has 1 heterocycles. The van der Waals surface area contributed by atoms with Crippen LogP contribution >= 0.6 is 0 Å². The van der Waals surface area contributed by atoms with Crippen LogP contribution in [0.25, 0.3) is 0 Å². The molecular weight excluding hydrogens is 276 g/mol. The van der Waals surface area contributed by atoms with Crippen LogP contribution in [0.15, 0.2) is 24.3 Å². The second-order valence-corrected chi connectivity index (χ2v) is 6.32. The molecule has 4 nitrogen and oxygen atoms in total. The maximum absolute atomic E-state index is 12.3. The van der Waals surface area contributed by atoms with E-state index in [4.69, 9.17) is 0 Å². The van der Waals surface area contributed by atoms with Crippen molar-refractivity contribution in [1.82, 2.24) is 4.90 Å². The summed E-state index contributed by atoms with van der Waals surface area (Å²) in [6.45, 7) is 8.61. The van der Waals surface area contributed by atoms with Crippen LogP contribution in [0.1, 0.15) is 39.2 Å². The van der Waals surface area contributed by atoms with Gasteiger partial charge in [0.1, 0.15) is 0 Å². The Morgan fingerprint density at radius 3 is 2.45 bits per heavy atom.